The Kier molecular flexibility index (Phi) is 8.17. The SMILES string of the molecule is CCCn1cnnc1CNC(=O)CC(C)n1ccnc1C.O=CO. The predicted molar refractivity (Wildman–Crippen MR) is 87.1 cm³/mol. The van der Waals surface area contributed by atoms with E-state index >= 15 is 0 Å². The molecule has 9 nitrogen and oxygen atoms in total. The molecule has 2 aromatic heterocycles. The molecule has 0 aliphatic heterocycles. The van der Waals surface area contributed by atoms with Crippen molar-refractivity contribution in [1.82, 2.24) is 29.6 Å². The minimum absolute atomic E-state index is 0.00153. The van der Waals surface area contributed by atoms with E-state index < -0.39 is 0 Å². The Labute approximate surface area is 140 Å². The van der Waals surface area contributed by atoms with Crippen LogP contribution >= 0.6 is 0 Å². The summed E-state index contributed by atoms with van der Waals surface area (Å²) in [7, 11) is 0. The Morgan fingerprint density at radius 3 is 2.79 bits per heavy atom. The molecule has 24 heavy (non-hydrogen) atoms. The fourth-order valence-corrected chi connectivity index (χ4v) is 2.31. The number of aryl methyl sites for hydroxylation is 2. The molecular weight excluding hydrogens is 312 g/mol. The third kappa shape index (κ3) is 5.82. The van der Waals surface area contributed by atoms with E-state index in [1.807, 2.05) is 29.2 Å². The van der Waals surface area contributed by atoms with Gasteiger partial charge in [0.25, 0.3) is 6.47 Å². The maximum Gasteiger partial charge on any atom is 0.290 e. The Morgan fingerprint density at radius 1 is 1.50 bits per heavy atom. The van der Waals surface area contributed by atoms with E-state index in [0.717, 1.165) is 24.6 Å². The van der Waals surface area contributed by atoms with Gasteiger partial charge in [-0.05, 0) is 20.3 Å². The first-order valence-electron chi connectivity index (χ1n) is 7.74. The molecule has 0 radical (unpaired) electrons. The molecule has 1 atom stereocenters. The van der Waals surface area contributed by atoms with Gasteiger partial charge in [-0.15, -0.1) is 10.2 Å². The zero-order chi connectivity index (χ0) is 17.9. The number of imidazole rings is 1. The molecule has 0 saturated heterocycles. The Balaban J connectivity index is 0.000000891. The topological polar surface area (TPSA) is 115 Å². The highest BCUT2D eigenvalue weighted by Crippen LogP contribution is 2.12. The van der Waals surface area contributed by atoms with Crippen LogP contribution in [0.25, 0.3) is 0 Å². The lowest BCUT2D eigenvalue weighted by Crippen LogP contribution is -2.27. The number of carbonyl (C=O) groups is 2. The number of hydrogen-bond acceptors (Lipinski definition) is 5. The molecule has 1 unspecified atom stereocenters. The van der Waals surface area contributed by atoms with E-state index in [-0.39, 0.29) is 18.4 Å². The van der Waals surface area contributed by atoms with Gasteiger partial charge in [-0.3, -0.25) is 9.59 Å². The molecule has 0 spiro atoms. The first-order valence-corrected chi connectivity index (χ1v) is 7.74. The summed E-state index contributed by atoms with van der Waals surface area (Å²) >= 11 is 0. The van der Waals surface area contributed by atoms with Crippen molar-refractivity contribution in [2.24, 2.45) is 0 Å². The zero-order valence-electron chi connectivity index (χ0n) is 14.2. The van der Waals surface area contributed by atoms with Gasteiger partial charge < -0.3 is 19.6 Å². The summed E-state index contributed by atoms with van der Waals surface area (Å²) in [5.74, 6) is 1.70. The normalized spacial score (nSPS) is 11.3. The second-order valence-corrected chi connectivity index (χ2v) is 5.26. The van der Waals surface area contributed by atoms with E-state index in [0.29, 0.717) is 13.0 Å². The summed E-state index contributed by atoms with van der Waals surface area (Å²) < 4.78 is 3.96. The van der Waals surface area contributed by atoms with Crippen molar-refractivity contribution in [2.45, 2.75) is 52.7 Å². The molecule has 2 N–H and O–H groups in total. The summed E-state index contributed by atoms with van der Waals surface area (Å²) in [5, 5.41) is 17.7. The molecule has 0 aromatic carbocycles. The second kappa shape index (κ2) is 10.1. The summed E-state index contributed by atoms with van der Waals surface area (Å²) in [5.41, 5.74) is 0. The van der Waals surface area contributed by atoms with Crippen LogP contribution in [-0.2, 0) is 22.7 Å². The van der Waals surface area contributed by atoms with Crippen molar-refractivity contribution in [3.05, 3.63) is 30.4 Å². The number of amides is 1. The molecule has 0 saturated carbocycles. The molecule has 9 heteroatoms. The van der Waals surface area contributed by atoms with Crippen LogP contribution in [0.15, 0.2) is 18.7 Å². The van der Waals surface area contributed by atoms with E-state index in [1.54, 1.807) is 12.5 Å². The number of nitrogens with one attached hydrogen (secondary N) is 1. The molecule has 0 bridgehead atoms. The standard InChI is InChI=1S/C14H22N6O.CH2O2/c1-4-6-19-10-17-18-13(19)9-16-14(21)8-11(2)20-7-5-15-12(20)3;2-1-3/h5,7,10-11H,4,6,8-9H2,1-3H3,(H,16,21);1H,(H,2,3). The fourth-order valence-electron chi connectivity index (χ4n) is 2.31. The van der Waals surface area contributed by atoms with Gasteiger partial charge in [0.15, 0.2) is 5.82 Å². The summed E-state index contributed by atoms with van der Waals surface area (Å²) in [6.07, 6.45) is 6.76. The largest absolute Gasteiger partial charge is 0.483 e. The van der Waals surface area contributed by atoms with Crippen LogP contribution in [0.4, 0.5) is 0 Å². The van der Waals surface area contributed by atoms with Crippen LogP contribution in [0.5, 0.6) is 0 Å². The van der Waals surface area contributed by atoms with Crippen LogP contribution in [0.2, 0.25) is 0 Å². The Morgan fingerprint density at radius 2 is 2.21 bits per heavy atom. The molecule has 2 aromatic rings. The fraction of sp³-hybridized carbons (Fsp3) is 0.533. The zero-order valence-corrected chi connectivity index (χ0v) is 14.2. The summed E-state index contributed by atoms with van der Waals surface area (Å²) in [6, 6.07) is 0.0843. The van der Waals surface area contributed by atoms with E-state index in [9.17, 15) is 4.79 Å². The van der Waals surface area contributed by atoms with Crippen LogP contribution in [0.1, 0.15) is 44.4 Å². The van der Waals surface area contributed by atoms with Gasteiger partial charge in [-0.1, -0.05) is 6.92 Å². The van der Waals surface area contributed by atoms with Crippen LogP contribution in [0, 0.1) is 6.92 Å². The Hall–Kier alpha value is -2.71. The van der Waals surface area contributed by atoms with Crippen molar-refractivity contribution in [3.8, 4) is 0 Å². The van der Waals surface area contributed by atoms with Gasteiger partial charge in [0.1, 0.15) is 12.2 Å². The van der Waals surface area contributed by atoms with Gasteiger partial charge >= 0.3 is 0 Å². The van der Waals surface area contributed by atoms with Gasteiger partial charge in [0.2, 0.25) is 5.91 Å². The average Bonchev–Trinajstić information content (AvgIpc) is 3.15. The minimum atomic E-state index is -0.250. The average molecular weight is 336 g/mol. The molecule has 2 heterocycles. The Bertz CT molecular complexity index is 637. The highest BCUT2D eigenvalue weighted by molar-refractivity contribution is 5.76. The first kappa shape index (κ1) is 19.3. The van der Waals surface area contributed by atoms with Crippen molar-refractivity contribution < 1.29 is 14.7 Å². The minimum Gasteiger partial charge on any atom is -0.483 e. The lowest BCUT2D eigenvalue weighted by atomic mass is 10.2. The van der Waals surface area contributed by atoms with Crippen molar-refractivity contribution in [1.29, 1.82) is 0 Å². The molecule has 132 valence electrons. The molecule has 1 amide bonds. The predicted octanol–water partition coefficient (Wildman–Crippen LogP) is 1.16. The smallest absolute Gasteiger partial charge is 0.290 e. The van der Waals surface area contributed by atoms with E-state index in [4.69, 9.17) is 9.90 Å². The first-order chi connectivity index (χ1) is 11.5. The molecule has 0 aliphatic carbocycles. The summed E-state index contributed by atoms with van der Waals surface area (Å²) in [4.78, 5) is 24.6. The van der Waals surface area contributed by atoms with Gasteiger partial charge in [-0.2, -0.15) is 0 Å². The number of hydrogen-bond donors (Lipinski definition) is 2. The van der Waals surface area contributed by atoms with Gasteiger partial charge in [-0.25, -0.2) is 4.98 Å². The number of aromatic nitrogens is 5. The van der Waals surface area contributed by atoms with Crippen molar-refractivity contribution >= 4 is 12.4 Å². The highest BCUT2D eigenvalue weighted by atomic mass is 16.3. The highest BCUT2D eigenvalue weighted by Gasteiger charge is 2.13. The number of nitrogens with zero attached hydrogens (tertiary/aromatic N) is 5. The summed E-state index contributed by atoms with van der Waals surface area (Å²) in [6.45, 7) is 7.06. The number of carbonyl (C=O) groups excluding carboxylic acids is 1. The van der Waals surface area contributed by atoms with E-state index in [1.165, 1.54) is 0 Å². The van der Waals surface area contributed by atoms with Gasteiger partial charge in [0, 0.05) is 31.4 Å². The van der Waals surface area contributed by atoms with Crippen molar-refractivity contribution in [2.75, 3.05) is 0 Å². The second-order valence-electron chi connectivity index (χ2n) is 5.26. The third-order valence-electron chi connectivity index (χ3n) is 3.42. The number of rotatable bonds is 7. The van der Waals surface area contributed by atoms with Crippen LogP contribution < -0.4 is 5.32 Å². The molecule has 2 rings (SSSR count). The van der Waals surface area contributed by atoms with Gasteiger partial charge in [0.05, 0.1) is 6.54 Å². The van der Waals surface area contributed by atoms with Crippen LogP contribution in [0.3, 0.4) is 0 Å². The van der Waals surface area contributed by atoms with E-state index in [2.05, 4.69) is 27.4 Å². The van der Waals surface area contributed by atoms with Crippen molar-refractivity contribution in [3.63, 3.8) is 0 Å². The quantitative estimate of drug-likeness (QED) is 0.733. The molecule has 0 fully saturated rings. The third-order valence-corrected chi connectivity index (χ3v) is 3.42. The lowest BCUT2D eigenvalue weighted by Gasteiger charge is -2.14. The molecular formula is C15H24N6O3. The lowest BCUT2D eigenvalue weighted by molar-refractivity contribution is -0.123. The number of carboxylic acid groups (broad SMARTS) is 1. The monoisotopic (exact) mass is 336 g/mol. The maximum absolute atomic E-state index is 12.0. The molecule has 0 aliphatic rings. The maximum atomic E-state index is 12.0. The van der Waals surface area contributed by atoms with Crippen LogP contribution in [-0.4, -0.2) is 41.8 Å².